The fraction of sp³-hybridized carbons (Fsp3) is 0.0952. The van der Waals surface area contributed by atoms with Crippen molar-refractivity contribution >= 4 is 35.0 Å². The highest BCUT2D eigenvalue weighted by molar-refractivity contribution is 7.99. The highest BCUT2D eigenvalue weighted by Gasteiger charge is 2.10. The number of amides is 1. The van der Waals surface area contributed by atoms with Crippen molar-refractivity contribution in [2.24, 2.45) is 0 Å². The molecule has 7 heteroatoms. The smallest absolute Gasteiger partial charge is 0.225 e. The fourth-order valence-electron chi connectivity index (χ4n) is 2.44. The van der Waals surface area contributed by atoms with Crippen molar-refractivity contribution in [2.45, 2.75) is 11.4 Å². The third-order valence-electron chi connectivity index (χ3n) is 3.82. The average Bonchev–Trinajstić information content (AvgIpc) is 2.71. The largest absolute Gasteiger partial charge is 0.326 e. The van der Waals surface area contributed by atoms with E-state index < -0.39 is 5.82 Å². The molecule has 0 saturated heterocycles. The lowest BCUT2D eigenvalue weighted by Gasteiger charge is -2.08. The molecule has 1 N–H and O–H groups in total. The molecule has 1 aromatic heterocycles. The molecular formula is C21H15ClFN3OS. The zero-order chi connectivity index (χ0) is 19.9. The maximum absolute atomic E-state index is 13.2. The number of hydrogen-bond donors (Lipinski definition) is 1. The van der Waals surface area contributed by atoms with Crippen molar-refractivity contribution in [2.75, 3.05) is 11.1 Å². The quantitative estimate of drug-likeness (QED) is 0.541. The van der Waals surface area contributed by atoms with Crippen LogP contribution in [0.2, 0.25) is 5.02 Å². The van der Waals surface area contributed by atoms with Gasteiger partial charge in [0, 0.05) is 23.4 Å². The Hall–Kier alpha value is -2.88. The standard InChI is InChI=1S/C21H15ClFN3OS/c22-17-12-16(7-8-18(17)23)25-20(27)10-11-28-21-15(13-24)6-9-19(26-21)14-4-2-1-3-5-14/h1-9,12H,10-11H2,(H,25,27). The first kappa shape index (κ1) is 19.9. The number of carbonyl (C=O) groups excluding carboxylic acids is 1. The van der Waals surface area contributed by atoms with Crippen LogP contribution in [0.5, 0.6) is 0 Å². The molecule has 3 rings (SSSR count). The number of nitriles is 1. The van der Waals surface area contributed by atoms with Crippen LogP contribution in [0, 0.1) is 17.1 Å². The van der Waals surface area contributed by atoms with Gasteiger partial charge in [-0.3, -0.25) is 4.79 Å². The molecule has 0 fully saturated rings. The molecule has 28 heavy (non-hydrogen) atoms. The Balaban J connectivity index is 1.62. The van der Waals surface area contributed by atoms with Crippen LogP contribution in [0.1, 0.15) is 12.0 Å². The number of hydrogen-bond acceptors (Lipinski definition) is 4. The van der Waals surface area contributed by atoms with Crippen LogP contribution in [0.25, 0.3) is 11.3 Å². The number of thioether (sulfide) groups is 1. The summed E-state index contributed by atoms with van der Waals surface area (Å²) in [5, 5.41) is 12.5. The van der Waals surface area contributed by atoms with E-state index in [1.54, 1.807) is 6.07 Å². The minimum absolute atomic E-state index is 0.0484. The highest BCUT2D eigenvalue weighted by atomic mass is 35.5. The molecule has 1 heterocycles. The second-order valence-electron chi connectivity index (χ2n) is 5.80. The third-order valence-corrected chi connectivity index (χ3v) is 5.10. The molecule has 0 atom stereocenters. The van der Waals surface area contributed by atoms with Gasteiger partial charge in [0.05, 0.1) is 16.3 Å². The number of aromatic nitrogens is 1. The summed E-state index contributed by atoms with van der Waals surface area (Å²) in [6.07, 6.45) is 0.210. The Morgan fingerprint density at radius 3 is 2.68 bits per heavy atom. The van der Waals surface area contributed by atoms with Gasteiger partial charge in [0.1, 0.15) is 16.9 Å². The van der Waals surface area contributed by atoms with E-state index in [1.807, 2.05) is 36.4 Å². The van der Waals surface area contributed by atoms with Gasteiger partial charge in [-0.15, -0.1) is 11.8 Å². The first-order valence-electron chi connectivity index (χ1n) is 8.41. The summed E-state index contributed by atoms with van der Waals surface area (Å²) in [4.78, 5) is 16.7. The normalized spacial score (nSPS) is 10.3. The minimum atomic E-state index is -0.538. The average molecular weight is 412 g/mol. The molecule has 140 valence electrons. The van der Waals surface area contributed by atoms with Crippen LogP contribution >= 0.6 is 23.4 Å². The topological polar surface area (TPSA) is 65.8 Å². The molecule has 0 aliphatic rings. The van der Waals surface area contributed by atoms with Crippen LogP contribution in [0.3, 0.4) is 0 Å². The number of nitrogens with one attached hydrogen (secondary N) is 1. The van der Waals surface area contributed by atoms with E-state index in [-0.39, 0.29) is 17.4 Å². The van der Waals surface area contributed by atoms with Crippen molar-refractivity contribution in [3.63, 3.8) is 0 Å². The fourth-order valence-corrected chi connectivity index (χ4v) is 3.54. The maximum Gasteiger partial charge on any atom is 0.225 e. The SMILES string of the molecule is N#Cc1ccc(-c2ccccc2)nc1SCCC(=O)Nc1ccc(F)c(Cl)c1. The van der Waals surface area contributed by atoms with Gasteiger partial charge in [-0.1, -0.05) is 41.9 Å². The Bertz CT molecular complexity index is 1040. The van der Waals surface area contributed by atoms with Gasteiger partial charge in [-0.2, -0.15) is 5.26 Å². The zero-order valence-electron chi connectivity index (χ0n) is 14.7. The number of pyridine rings is 1. The Kier molecular flexibility index (Phi) is 6.64. The van der Waals surface area contributed by atoms with E-state index in [2.05, 4.69) is 16.4 Å². The van der Waals surface area contributed by atoms with Crippen molar-refractivity contribution in [1.82, 2.24) is 4.98 Å². The Morgan fingerprint density at radius 1 is 1.18 bits per heavy atom. The maximum atomic E-state index is 13.2. The molecule has 2 aromatic carbocycles. The summed E-state index contributed by atoms with van der Waals surface area (Å²) < 4.78 is 13.2. The predicted octanol–water partition coefficient (Wildman–Crippen LogP) is 5.53. The first-order valence-corrected chi connectivity index (χ1v) is 9.77. The summed E-state index contributed by atoms with van der Waals surface area (Å²) in [6, 6.07) is 19.4. The van der Waals surface area contributed by atoms with Crippen molar-refractivity contribution in [3.8, 4) is 17.3 Å². The van der Waals surface area contributed by atoms with Crippen LogP contribution in [0.4, 0.5) is 10.1 Å². The Labute approximate surface area is 171 Å². The molecule has 4 nitrogen and oxygen atoms in total. The van der Waals surface area contributed by atoms with E-state index in [0.717, 1.165) is 11.3 Å². The molecule has 0 spiro atoms. The molecular weight excluding hydrogens is 397 g/mol. The minimum Gasteiger partial charge on any atom is -0.326 e. The number of benzene rings is 2. The second-order valence-corrected chi connectivity index (χ2v) is 7.29. The van der Waals surface area contributed by atoms with Gasteiger partial charge in [0.15, 0.2) is 0 Å². The molecule has 0 radical (unpaired) electrons. The summed E-state index contributed by atoms with van der Waals surface area (Å²) in [5.41, 5.74) is 2.63. The van der Waals surface area contributed by atoms with Crippen LogP contribution < -0.4 is 5.32 Å². The summed E-state index contributed by atoms with van der Waals surface area (Å²) in [7, 11) is 0. The monoisotopic (exact) mass is 411 g/mol. The number of halogens is 2. The molecule has 0 aliphatic heterocycles. The number of nitrogens with zero attached hydrogens (tertiary/aromatic N) is 2. The van der Waals surface area contributed by atoms with Crippen LogP contribution in [-0.4, -0.2) is 16.6 Å². The molecule has 3 aromatic rings. The molecule has 0 unspecified atom stereocenters. The lowest BCUT2D eigenvalue weighted by atomic mass is 10.1. The van der Waals surface area contributed by atoms with Gasteiger partial charge in [-0.05, 0) is 30.3 Å². The Morgan fingerprint density at radius 2 is 1.96 bits per heavy atom. The number of carbonyl (C=O) groups is 1. The van der Waals surface area contributed by atoms with Gasteiger partial charge >= 0.3 is 0 Å². The van der Waals surface area contributed by atoms with Crippen LogP contribution in [-0.2, 0) is 4.79 Å². The van der Waals surface area contributed by atoms with Crippen molar-refractivity contribution in [3.05, 3.63) is 77.1 Å². The van der Waals surface area contributed by atoms with E-state index >= 15 is 0 Å². The molecule has 1 amide bonds. The predicted molar refractivity (Wildman–Crippen MR) is 110 cm³/mol. The van der Waals surface area contributed by atoms with Crippen molar-refractivity contribution in [1.29, 1.82) is 5.26 Å². The highest BCUT2D eigenvalue weighted by Crippen LogP contribution is 2.26. The molecule has 0 saturated carbocycles. The van der Waals surface area contributed by atoms with Gasteiger partial charge in [0.2, 0.25) is 5.91 Å². The zero-order valence-corrected chi connectivity index (χ0v) is 16.2. The molecule has 0 aliphatic carbocycles. The lowest BCUT2D eigenvalue weighted by Crippen LogP contribution is -2.12. The number of rotatable bonds is 6. The summed E-state index contributed by atoms with van der Waals surface area (Å²) >= 11 is 7.06. The van der Waals surface area contributed by atoms with Gasteiger partial charge in [-0.25, -0.2) is 9.37 Å². The second kappa shape index (κ2) is 9.36. The summed E-state index contributed by atoms with van der Waals surface area (Å²) in [6.45, 7) is 0. The van der Waals surface area contributed by atoms with E-state index in [1.165, 1.54) is 30.0 Å². The number of anilines is 1. The first-order chi connectivity index (χ1) is 13.6. The van der Waals surface area contributed by atoms with E-state index in [4.69, 9.17) is 11.6 Å². The van der Waals surface area contributed by atoms with Gasteiger partial charge < -0.3 is 5.32 Å². The van der Waals surface area contributed by atoms with E-state index in [9.17, 15) is 14.4 Å². The lowest BCUT2D eigenvalue weighted by molar-refractivity contribution is -0.115. The molecule has 0 bridgehead atoms. The van der Waals surface area contributed by atoms with Crippen LogP contribution in [0.15, 0.2) is 65.7 Å². The van der Waals surface area contributed by atoms with Crippen molar-refractivity contribution < 1.29 is 9.18 Å². The van der Waals surface area contributed by atoms with E-state index in [0.29, 0.717) is 22.0 Å². The van der Waals surface area contributed by atoms with Gasteiger partial charge in [0.25, 0.3) is 0 Å². The summed E-state index contributed by atoms with van der Waals surface area (Å²) in [5.74, 6) is -0.322. The third kappa shape index (κ3) is 5.10.